The second kappa shape index (κ2) is 5.21. The number of aromatic nitrogens is 4. The molecule has 0 atom stereocenters. The monoisotopic (exact) mass is 268 g/mol. The van der Waals surface area contributed by atoms with Crippen LogP contribution in [0.5, 0.6) is 0 Å². The van der Waals surface area contributed by atoms with Crippen LogP contribution < -0.4 is 10.5 Å². The molecule has 8 nitrogen and oxygen atoms in total. The van der Waals surface area contributed by atoms with Crippen LogP contribution in [-0.2, 0) is 23.1 Å². The van der Waals surface area contributed by atoms with Gasteiger partial charge in [0, 0.05) is 18.3 Å². The third kappa shape index (κ3) is 2.70. The smallest absolute Gasteiger partial charge is 0.258 e. The zero-order valence-electron chi connectivity index (χ0n) is 9.37. The van der Waals surface area contributed by atoms with Crippen LogP contribution in [-0.4, -0.2) is 28.8 Å². The SMILES string of the molecule is NCc1cn[nH]c1S(=O)(=O)NCc1cccnn1. The van der Waals surface area contributed by atoms with E-state index in [1.807, 2.05) is 0 Å². The fraction of sp³-hybridized carbons (Fsp3) is 0.222. The summed E-state index contributed by atoms with van der Waals surface area (Å²) in [4.78, 5) is 0. The maximum Gasteiger partial charge on any atom is 0.258 e. The van der Waals surface area contributed by atoms with Crippen molar-refractivity contribution in [3.05, 3.63) is 35.8 Å². The van der Waals surface area contributed by atoms with Gasteiger partial charge in [-0.15, -0.1) is 0 Å². The quantitative estimate of drug-likeness (QED) is 0.647. The summed E-state index contributed by atoms with van der Waals surface area (Å²) in [6.07, 6.45) is 2.90. The molecule has 0 bridgehead atoms. The van der Waals surface area contributed by atoms with Gasteiger partial charge in [0.05, 0.1) is 18.4 Å². The molecule has 0 aliphatic carbocycles. The first-order chi connectivity index (χ1) is 8.63. The van der Waals surface area contributed by atoms with E-state index in [4.69, 9.17) is 5.73 Å². The first-order valence-electron chi connectivity index (χ1n) is 5.12. The van der Waals surface area contributed by atoms with Crippen LogP contribution in [0.15, 0.2) is 29.6 Å². The minimum absolute atomic E-state index is 0.0195. The van der Waals surface area contributed by atoms with Gasteiger partial charge in [0.2, 0.25) is 0 Å². The van der Waals surface area contributed by atoms with Crippen LogP contribution in [0.2, 0.25) is 0 Å². The molecule has 0 amide bonds. The van der Waals surface area contributed by atoms with Gasteiger partial charge in [0.1, 0.15) is 0 Å². The Balaban J connectivity index is 2.13. The lowest BCUT2D eigenvalue weighted by molar-refractivity contribution is 0.574. The Morgan fingerprint density at radius 1 is 1.44 bits per heavy atom. The second-order valence-corrected chi connectivity index (χ2v) is 5.17. The Kier molecular flexibility index (Phi) is 3.65. The van der Waals surface area contributed by atoms with Crippen LogP contribution in [0.25, 0.3) is 0 Å². The zero-order chi connectivity index (χ0) is 13.0. The fourth-order valence-electron chi connectivity index (χ4n) is 1.35. The molecule has 0 unspecified atom stereocenters. The summed E-state index contributed by atoms with van der Waals surface area (Å²) in [6.45, 7) is 0.150. The van der Waals surface area contributed by atoms with E-state index in [2.05, 4.69) is 25.1 Å². The molecule has 2 rings (SSSR count). The largest absolute Gasteiger partial charge is 0.326 e. The molecular formula is C9H12N6O2S. The van der Waals surface area contributed by atoms with E-state index < -0.39 is 10.0 Å². The van der Waals surface area contributed by atoms with Crippen molar-refractivity contribution in [3.63, 3.8) is 0 Å². The van der Waals surface area contributed by atoms with Crippen LogP contribution in [0, 0.1) is 0 Å². The number of rotatable bonds is 5. The number of hydrogen-bond acceptors (Lipinski definition) is 6. The summed E-state index contributed by atoms with van der Waals surface area (Å²) < 4.78 is 26.3. The third-order valence-electron chi connectivity index (χ3n) is 2.24. The number of nitrogens with one attached hydrogen (secondary N) is 2. The van der Waals surface area contributed by atoms with E-state index in [0.717, 1.165) is 0 Å². The number of hydrogen-bond donors (Lipinski definition) is 3. The Morgan fingerprint density at radius 3 is 2.94 bits per heavy atom. The molecule has 96 valence electrons. The highest BCUT2D eigenvalue weighted by molar-refractivity contribution is 7.89. The molecule has 0 aliphatic heterocycles. The number of nitrogens with zero attached hydrogens (tertiary/aromatic N) is 3. The molecular weight excluding hydrogens is 256 g/mol. The van der Waals surface area contributed by atoms with Gasteiger partial charge in [-0.05, 0) is 12.1 Å². The van der Waals surface area contributed by atoms with Gasteiger partial charge >= 0.3 is 0 Å². The summed E-state index contributed by atoms with van der Waals surface area (Å²) in [5, 5.41) is 13.5. The minimum Gasteiger partial charge on any atom is -0.326 e. The fourth-order valence-corrected chi connectivity index (χ4v) is 2.48. The second-order valence-electron chi connectivity index (χ2n) is 3.47. The van der Waals surface area contributed by atoms with Crippen molar-refractivity contribution >= 4 is 10.0 Å². The molecule has 0 radical (unpaired) electrons. The molecule has 0 fully saturated rings. The van der Waals surface area contributed by atoms with Crippen LogP contribution in [0.4, 0.5) is 0 Å². The summed E-state index contributed by atoms with van der Waals surface area (Å²) in [5.74, 6) is 0. The van der Waals surface area contributed by atoms with Gasteiger partial charge in [-0.2, -0.15) is 15.3 Å². The Hall–Kier alpha value is -1.84. The maximum atomic E-state index is 12.0. The molecule has 2 heterocycles. The standard InChI is InChI=1S/C9H12N6O2S/c10-4-7-5-12-15-9(7)18(16,17)13-6-8-2-1-3-11-14-8/h1-3,5,13H,4,6,10H2,(H,12,15). The van der Waals surface area contributed by atoms with Crippen molar-refractivity contribution in [1.82, 2.24) is 25.1 Å². The lowest BCUT2D eigenvalue weighted by atomic mass is 10.4. The van der Waals surface area contributed by atoms with E-state index in [-0.39, 0.29) is 18.1 Å². The summed E-state index contributed by atoms with van der Waals surface area (Å²) in [7, 11) is -3.67. The highest BCUT2D eigenvalue weighted by Gasteiger charge is 2.19. The summed E-state index contributed by atoms with van der Waals surface area (Å²) in [6, 6.07) is 3.35. The van der Waals surface area contributed by atoms with E-state index in [0.29, 0.717) is 11.3 Å². The first kappa shape index (κ1) is 12.6. The number of aromatic amines is 1. The van der Waals surface area contributed by atoms with Crippen LogP contribution in [0.3, 0.4) is 0 Å². The highest BCUT2D eigenvalue weighted by atomic mass is 32.2. The lowest BCUT2D eigenvalue weighted by Crippen LogP contribution is -2.25. The molecule has 0 saturated heterocycles. The molecule has 0 saturated carbocycles. The molecule has 0 spiro atoms. The van der Waals surface area contributed by atoms with Crippen molar-refractivity contribution in [2.24, 2.45) is 5.73 Å². The first-order valence-corrected chi connectivity index (χ1v) is 6.60. The Bertz CT molecular complexity index is 609. The summed E-state index contributed by atoms with van der Waals surface area (Å²) >= 11 is 0. The van der Waals surface area contributed by atoms with E-state index in [9.17, 15) is 8.42 Å². The van der Waals surface area contributed by atoms with Crippen molar-refractivity contribution < 1.29 is 8.42 Å². The van der Waals surface area contributed by atoms with Crippen LogP contribution >= 0.6 is 0 Å². The normalized spacial score (nSPS) is 11.6. The number of H-pyrrole nitrogens is 1. The van der Waals surface area contributed by atoms with Gasteiger partial charge in [-0.3, -0.25) is 5.10 Å². The van der Waals surface area contributed by atoms with Gasteiger partial charge in [0.25, 0.3) is 10.0 Å². The van der Waals surface area contributed by atoms with Crippen molar-refractivity contribution in [3.8, 4) is 0 Å². The van der Waals surface area contributed by atoms with E-state index in [1.165, 1.54) is 12.4 Å². The number of nitrogens with two attached hydrogens (primary N) is 1. The highest BCUT2D eigenvalue weighted by Crippen LogP contribution is 2.10. The third-order valence-corrected chi connectivity index (χ3v) is 3.65. The van der Waals surface area contributed by atoms with Gasteiger partial charge in [-0.1, -0.05) is 0 Å². The van der Waals surface area contributed by atoms with E-state index in [1.54, 1.807) is 12.1 Å². The van der Waals surface area contributed by atoms with Gasteiger partial charge < -0.3 is 5.73 Å². The predicted molar refractivity (Wildman–Crippen MR) is 62.5 cm³/mol. The molecule has 4 N–H and O–H groups in total. The average molecular weight is 268 g/mol. The Labute approximate surface area is 104 Å². The Morgan fingerprint density at radius 2 is 2.28 bits per heavy atom. The number of sulfonamides is 1. The van der Waals surface area contributed by atoms with Crippen molar-refractivity contribution in [2.75, 3.05) is 0 Å². The molecule has 18 heavy (non-hydrogen) atoms. The molecule has 0 aliphatic rings. The molecule has 2 aromatic rings. The molecule has 9 heteroatoms. The lowest BCUT2D eigenvalue weighted by Gasteiger charge is -2.05. The minimum atomic E-state index is -3.67. The predicted octanol–water partition coefficient (Wildman–Crippen LogP) is -0.863. The maximum absolute atomic E-state index is 12.0. The average Bonchev–Trinajstić information content (AvgIpc) is 2.87. The van der Waals surface area contributed by atoms with Gasteiger partial charge in [-0.25, -0.2) is 13.1 Å². The van der Waals surface area contributed by atoms with Crippen molar-refractivity contribution in [2.45, 2.75) is 18.1 Å². The van der Waals surface area contributed by atoms with Crippen LogP contribution in [0.1, 0.15) is 11.3 Å². The molecule has 2 aromatic heterocycles. The van der Waals surface area contributed by atoms with E-state index >= 15 is 0 Å². The zero-order valence-corrected chi connectivity index (χ0v) is 10.2. The van der Waals surface area contributed by atoms with Crippen molar-refractivity contribution in [1.29, 1.82) is 0 Å². The summed E-state index contributed by atoms with van der Waals surface area (Å²) in [5.41, 5.74) is 6.38. The van der Waals surface area contributed by atoms with Gasteiger partial charge in [0.15, 0.2) is 5.03 Å². The topological polar surface area (TPSA) is 127 Å². The molecule has 0 aromatic carbocycles.